The van der Waals surface area contributed by atoms with E-state index in [1.165, 1.54) is 5.56 Å². The van der Waals surface area contributed by atoms with E-state index >= 15 is 0 Å². The molecule has 1 amide bonds. The van der Waals surface area contributed by atoms with Gasteiger partial charge in [-0.15, -0.1) is 0 Å². The standard InChI is InChI=1S/C17H17N3O/c1-3-11-4-5-13(17(18)21)9-15(11)12-6-7-16-14(8-12)10-19-20(16)2/h4-10H,3H2,1-2H3,(H2,18,21). The Hall–Kier alpha value is -2.62. The van der Waals surface area contributed by atoms with E-state index in [0.29, 0.717) is 5.56 Å². The van der Waals surface area contributed by atoms with Crippen LogP contribution in [0, 0.1) is 0 Å². The highest BCUT2D eigenvalue weighted by Crippen LogP contribution is 2.28. The third-order valence-electron chi connectivity index (χ3n) is 3.83. The van der Waals surface area contributed by atoms with Gasteiger partial charge in [-0.3, -0.25) is 9.48 Å². The van der Waals surface area contributed by atoms with Crippen molar-refractivity contribution in [1.29, 1.82) is 0 Å². The van der Waals surface area contributed by atoms with Crippen molar-refractivity contribution in [3.8, 4) is 11.1 Å². The number of rotatable bonds is 3. The number of carbonyl (C=O) groups excluding carboxylic acids is 1. The summed E-state index contributed by atoms with van der Waals surface area (Å²) >= 11 is 0. The highest BCUT2D eigenvalue weighted by molar-refractivity contribution is 5.95. The summed E-state index contributed by atoms with van der Waals surface area (Å²) in [5, 5.41) is 5.35. The van der Waals surface area contributed by atoms with Gasteiger partial charge in [0.2, 0.25) is 5.91 Å². The first-order chi connectivity index (χ1) is 10.1. The molecule has 0 radical (unpaired) electrons. The summed E-state index contributed by atoms with van der Waals surface area (Å²) in [5.74, 6) is -0.402. The van der Waals surface area contributed by atoms with E-state index in [1.807, 2.05) is 36.1 Å². The average molecular weight is 279 g/mol. The highest BCUT2D eigenvalue weighted by atomic mass is 16.1. The molecule has 106 valence electrons. The van der Waals surface area contributed by atoms with Gasteiger partial charge < -0.3 is 5.73 Å². The van der Waals surface area contributed by atoms with Crippen LogP contribution in [0.4, 0.5) is 0 Å². The summed E-state index contributed by atoms with van der Waals surface area (Å²) in [6, 6.07) is 11.8. The molecule has 0 aliphatic rings. The molecule has 0 fully saturated rings. The second-order valence-corrected chi connectivity index (χ2v) is 5.13. The Kier molecular flexibility index (Phi) is 3.22. The number of benzene rings is 2. The van der Waals surface area contributed by atoms with Gasteiger partial charge in [0.1, 0.15) is 0 Å². The quantitative estimate of drug-likeness (QED) is 0.801. The third-order valence-corrected chi connectivity index (χ3v) is 3.83. The van der Waals surface area contributed by atoms with Crippen LogP contribution in [0.5, 0.6) is 0 Å². The molecule has 2 N–H and O–H groups in total. The van der Waals surface area contributed by atoms with Crippen LogP contribution in [0.1, 0.15) is 22.8 Å². The number of hydrogen-bond acceptors (Lipinski definition) is 2. The van der Waals surface area contributed by atoms with Crippen molar-refractivity contribution < 1.29 is 4.79 Å². The minimum absolute atomic E-state index is 0.402. The van der Waals surface area contributed by atoms with E-state index in [0.717, 1.165) is 28.5 Å². The van der Waals surface area contributed by atoms with Gasteiger partial charge in [0.25, 0.3) is 0 Å². The molecule has 21 heavy (non-hydrogen) atoms. The minimum atomic E-state index is -0.402. The lowest BCUT2D eigenvalue weighted by Gasteiger charge is -2.10. The number of nitrogens with zero attached hydrogens (tertiary/aromatic N) is 2. The number of hydrogen-bond donors (Lipinski definition) is 1. The van der Waals surface area contributed by atoms with Crippen molar-refractivity contribution in [2.24, 2.45) is 12.8 Å². The molecule has 0 bridgehead atoms. The Morgan fingerprint density at radius 3 is 2.76 bits per heavy atom. The lowest BCUT2D eigenvalue weighted by molar-refractivity contribution is 0.100. The number of aromatic nitrogens is 2. The third kappa shape index (κ3) is 2.29. The lowest BCUT2D eigenvalue weighted by Crippen LogP contribution is -2.11. The molecule has 1 heterocycles. The van der Waals surface area contributed by atoms with Crippen molar-refractivity contribution in [2.45, 2.75) is 13.3 Å². The van der Waals surface area contributed by atoms with E-state index in [1.54, 1.807) is 6.07 Å². The predicted octanol–water partition coefficient (Wildman–Crippen LogP) is 2.90. The SMILES string of the molecule is CCc1ccc(C(N)=O)cc1-c1ccc2c(cnn2C)c1. The molecule has 4 nitrogen and oxygen atoms in total. The highest BCUT2D eigenvalue weighted by Gasteiger charge is 2.10. The van der Waals surface area contributed by atoms with Crippen LogP contribution in [-0.4, -0.2) is 15.7 Å². The Labute approximate surface area is 123 Å². The molecular formula is C17H17N3O. The molecule has 0 aliphatic heterocycles. The molecule has 4 heteroatoms. The molecular weight excluding hydrogens is 262 g/mol. The zero-order chi connectivity index (χ0) is 15.0. The van der Waals surface area contributed by atoms with Crippen LogP contribution in [0.25, 0.3) is 22.0 Å². The summed E-state index contributed by atoms with van der Waals surface area (Å²) < 4.78 is 1.85. The average Bonchev–Trinajstić information content (AvgIpc) is 2.87. The fourth-order valence-electron chi connectivity index (χ4n) is 2.64. The van der Waals surface area contributed by atoms with Crippen molar-refractivity contribution in [1.82, 2.24) is 9.78 Å². The smallest absolute Gasteiger partial charge is 0.248 e. The van der Waals surface area contributed by atoms with Crippen molar-refractivity contribution >= 4 is 16.8 Å². The maximum absolute atomic E-state index is 11.4. The van der Waals surface area contributed by atoms with E-state index in [2.05, 4.69) is 24.2 Å². The maximum atomic E-state index is 11.4. The summed E-state index contributed by atoms with van der Waals surface area (Å²) in [6.45, 7) is 2.10. The topological polar surface area (TPSA) is 60.9 Å². The molecule has 0 saturated heterocycles. The van der Waals surface area contributed by atoms with Gasteiger partial charge in [-0.25, -0.2) is 0 Å². The molecule has 2 aromatic carbocycles. The van der Waals surface area contributed by atoms with Gasteiger partial charge in [-0.2, -0.15) is 5.10 Å². The van der Waals surface area contributed by atoms with Crippen LogP contribution in [-0.2, 0) is 13.5 Å². The zero-order valence-corrected chi connectivity index (χ0v) is 12.1. The van der Waals surface area contributed by atoms with Gasteiger partial charge in [0.05, 0.1) is 11.7 Å². The van der Waals surface area contributed by atoms with E-state index in [-0.39, 0.29) is 0 Å². The molecule has 3 aromatic rings. The predicted molar refractivity (Wildman–Crippen MR) is 84.0 cm³/mol. The summed E-state index contributed by atoms with van der Waals surface area (Å²) in [7, 11) is 1.92. The first-order valence-corrected chi connectivity index (χ1v) is 6.95. The second-order valence-electron chi connectivity index (χ2n) is 5.13. The molecule has 0 aliphatic carbocycles. The first kappa shape index (κ1) is 13.4. The molecule has 0 spiro atoms. The first-order valence-electron chi connectivity index (χ1n) is 6.95. The van der Waals surface area contributed by atoms with Gasteiger partial charge in [0, 0.05) is 18.0 Å². The largest absolute Gasteiger partial charge is 0.366 e. The van der Waals surface area contributed by atoms with Crippen molar-refractivity contribution in [2.75, 3.05) is 0 Å². The Balaban J connectivity index is 2.20. The molecule has 1 aromatic heterocycles. The number of primary amides is 1. The molecule has 0 atom stereocenters. The summed E-state index contributed by atoms with van der Waals surface area (Å²) in [4.78, 5) is 11.4. The Morgan fingerprint density at radius 2 is 2.05 bits per heavy atom. The van der Waals surface area contributed by atoms with E-state index in [4.69, 9.17) is 5.73 Å². The number of nitrogens with two attached hydrogens (primary N) is 1. The van der Waals surface area contributed by atoms with Crippen LogP contribution in [0.15, 0.2) is 42.6 Å². The fraction of sp³-hybridized carbons (Fsp3) is 0.176. The molecule has 3 rings (SSSR count). The summed E-state index contributed by atoms with van der Waals surface area (Å²) in [5.41, 5.74) is 10.3. The van der Waals surface area contributed by atoms with Crippen LogP contribution in [0.3, 0.4) is 0 Å². The summed E-state index contributed by atoms with van der Waals surface area (Å²) in [6.07, 6.45) is 2.75. The number of fused-ring (bicyclic) bond motifs is 1. The van der Waals surface area contributed by atoms with Crippen LogP contribution < -0.4 is 5.73 Å². The van der Waals surface area contributed by atoms with Gasteiger partial charge in [-0.05, 0) is 47.4 Å². The van der Waals surface area contributed by atoms with Crippen LogP contribution in [0.2, 0.25) is 0 Å². The lowest BCUT2D eigenvalue weighted by atomic mass is 9.95. The van der Waals surface area contributed by atoms with E-state index in [9.17, 15) is 4.79 Å². The van der Waals surface area contributed by atoms with Crippen molar-refractivity contribution in [3.63, 3.8) is 0 Å². The van der Waals surface area contributed by atoms with Gasteiger partial charge >= 0.3 is 0 Å². The number of aryl methyl sites for hydroxylation is 2. The van der Waals surface area contributed by atoms with Crippen molar-refractivity contribution in [3.05, 3.63) is 53.7 Å². The van der Waals surface area contributed by atoms with Gasteiger partial charge in [-0.1, -0.05) is 19.1 Å². The van der Waals surface area contributed by atoms with Gasteiger partial charge in [0.15, 0.2) is 0 Å². The van der Waals surface area contributed by atoms with Crippen LogP contribution >= 0.6 is 0 Å². The second kappa shape index (κ2) is 5.05. The molecule has 0 saturated carbocycles. The molecule has 0 unspecified atom stereocenters. The monoisotopic (exact) mass is 279 g/mol. The zero-order valence-electron chi connectivity index (χ0n) is 12.1. The number of carbonyl (C=O) groups is 1. The Bertz CT molecular complexity index is 833. The maximum Gasteiger partial charge on any atom is 0.248 e. The number of amides is 1. The Morgan fingerprint density at radius 1 is 1.24 bits per heavy atom. The fourth-order valence-corrected chi connectivity index (χ4v) is 2.64. The minimum Gasteiger partial charge on any atom is -0.366 e. The normalized spacial score (nSPS) is 11.0. The van der Waals surface area contributed by atoms with E-state index < -0.39 is 5.91 Å².